The van der Waals surface area contributed by atoms with Crippen LogP contribution < -0.4 is 10.2 Å². The summed E-state index contributed by atoms with van der Waals surface area (Å²) in [5, 5.41) is 10.2. The average Bonchev–Trinajstić information content (AvgIpc) is 3.36. The van der Waals surface area contributed by atoms with Crippen LogP contribution in [-0.2, 0) is 6.42 Å². The van der Waals surface area contributed by atoms with E-state index >= 15 is 0 Å². The molecule has 180 valence electrons. The van der Waals surface area contributed by atoms with Crippen LogP contribution in [0.2, 0.25) is 0 Å². The summed E-state index contributed by atoms with van der Waals surface area (Å²) in [7, 11) is 0. The second kappa shape index (κ2) is 9.54. The van der Waals surface area contributed by atoms with Crippen LogP contribution >= 0.6 is 0 Å². The number of hydrogen-bond donors (Lipinski definition) is 2. The first-order valence-corrected chi connectivity index (χ1v) is 12.0. The molecule has 0 saturated heterocycles. The summed E-state index contributed by atoms with van der Waals surface area (Å²) in [4.78, 5) is 32.9. The molecule has 7 nitrogen and oxygen atoms in total. The molecule has 0 unspecified atom stereocenters. The van der Waals surface area contributed by atoms with Crippen LogP contribution in [-0.4, -0.2) is 33.5 Å². The Kier molecular flexibility index (Phi) is 5.78. The van der Waals surface area contributed by atoms with Crippen molar-refractivity contribution in [1.82, 2.24) is 15.2 Å². The maximum Gasteiger partial charge on any atom is 0.259 e. The first-order chi connectivity index (χ1) is 18.2. The number of fused-ring (bicyclic) bond motifs is 3. The number of aromatic amines is 1. The number of anilines is 2. The average molecular weight is 486 g/mol. The van der Waals surface area contributed by atoms with Gasteiger partial charge < -0.3 is 5.32 Å². The van der Waals surface area contributed by atoms with Gasteiger partial charge in [-0.2, -0.15) is 5.10 Å². The quantitative estimate of drug-likeness (QED) is 0.347. The molecular weight excluding hydrogens is 462 g/mol. The minimum absolute atomic E-state index is 0.148. The first-order valence-electron chi connectivity index (χ1n) is 12.0. The van der Waals surface area contributed by atoms with E-state index in [0.29, 0.717) is 35.6 Å². The zero-order chi connectivity index (χ0) is 25.2. The second-order valence-corrected chi connectivity index (χ2v) is 8.79. The predicted octanol–water partition coefficient (Wildman–Crippen LogP) is 5.59. The highest BCUT2D eigenvalue weighted by atomic mass is 16.2. The summed E-state index contributed by atoms with van der Waals surface area (Å²) in [6, 6.07) is 28.1. The smallest absolute Gasteiger partial charge is 0.259 e. The molecule has 37 heavy (non-hydrogen) atoms. The number of carbonyl (C=O) groups is 2. The Labute approximate surface area is 213 Å². The van der Waals surface area contributed by atoms with Crippen molar-refractivity contribution in [3.8, 4) is 22.4 Å². The molecule has 2 amide bonds. The van der Waals surface area contributed by atoms with E-state index < -0.39 is 0 Å². The van der Waals surface area contributed by atoms with E-state index in [1.54, 1.807) is 41.6 Å². The molecule has 0 atom stereocenters. The lowest BCUT2D eigenvalue weighted by molar-refractivity contribution is 0.0985. The van der Waals surface area contributed by atoms with Crippen LogP contribution in [0.4, 0.5) is 11.5 Å². The molecule has 0 fully saturated rings. The molecule has 0 aliphatic carbocycles. The van der Waals surface area contributed by atoms with Crippen LogP contribution in [0, 0.1) is 0 Å². The van der Waals surface area contributed by atoms with Gasteiger partial charge in [-0.25, -0.2) is 4.98 Å². The summed E-state index contributed by atoms with van der Waals surface area (Å²) in [5.74, 6) is 0.245. The minimum atomic E-state index is -0.209. The molecule has 2 N–H and O–H groups in total. The van der Waals surface area contributed by atoms with Crippen molar-refractivity contribution >= 4 is 23.3 Å². The number of hydrogen-bond acceptors (Lipinski definition) is 4. The Balaban J connectivity index is 1.23. The fraction of sp³-hybridized carbons (Fsp3) is 0.0667. The highest BCUT2D eigenvalue weighted by Crippen LogP contribution is 2.34. The van der Waals surface area contributed by atoms with Gasteiger partial charge in [-0.1, -0.05) is 48.5 Å². The Morgan fingerprint density at radius 3 is 2.43 bits per heavy atom. The number of nitrogens with one attached hydrogen (secondary N) is 2. The number of amides is 2. The Morgan fingerprint density at radius 1 is 0.838 bits per heavy atom. The van der Waals surface area contributed by atoms with E-state index in [4.69, 9.17) is 0 Å². The number of pyridine rings is 1. The van der Waals surface area contributed by atoms with E-state index in [2.05, 4.69) is 20.5 Å². The number of aromatic nitrogens is 3. The lowest BCUT2D eigenvalue weighted by Crippen LogP contribution is -2.33. The normalized spacial score (nSPS) is 12.3. The van der Waals surface area contributed by atoms with Gasteiger partial charge in [0, 0.05) is 35.1 Å². The molecule has 5 aromatic rings. The molecule has 3 heterocycles. The van der Waals surface area contributed by atoms with E-state index in [1.807, 2.05) is 66.7 Å². The molecule has 0 radical (unpaired) electrons. The first kappa shape index (κ1) is 22.4. The van der Waals surface area contributed by atoms with Crippen molar-refractivity contribution in [3.63, 3.8) is 0 Å². The largest absolute Gasteiger partial charge is 0.322 e. The summed E-state index contributed by atoms with van der Waals surface area (Å²) in [6.07, 6.45) is 4.16. The maximum absolute atomic E-state index is 13.5. The standard InChI is InChI=1S/C30H23N5O2/c36-29(25-10-5-4-9-24(25)20-7-2-1-3-8-20)33-23-14-12-21(13-15-23)30(37)35-18-16-22-19-32-34-27(22)26-11-6-17-31-28(26)35/h1-15,17,19H,16,18H2,(H,32,34)(H,33,36). The number of benzene rings is 3. The van der Waals surface area contributed by atoms with Crippen molar-refractivity contribution < 1.29 is 9.59 Å². The highest BCUT2D eigenvalue weighted by molar-refractivity contribution is 6.10. The van der Waals surface area contributed by atoms with Crippen molar-refractivity contribution in [2.24, 2.45) is 0 Å². The van der Waals surface area contributed by atoms with Gasteiger partial charge in [0.15, 0.2) is 0 Å². The van der Waals surface area contributed by atoms with Gasteiger partial charge in [0.2, 0.25) is 0 Å². The number of carbonyl (C=O) groups excluding carboxylic acids is 2. The van der Waals surface area contributed by atoms with Crippen LogP contribution in [0.1, 0.15) is 26.3 Å². The van der Waals surface area contributed by atoms with Crippen LogP contribution in [0.25, 0.3) is 22.4 Å². The van der Waals surface area contributed by atoms with Crippen LogP contribution in [0.5, 0.6) is 0 Å². The van der Waals surface area contributed by atoms with E-state index in [9.17, 15) is 9.59 Å². The van der Waals surface area contributed by atoms with Gasteiger partial charge in [0.1, 0.15) is 5.82 Å². The summed E-state index contributed by atoms with van der Waals surface area (Å²) in [5.41, 5.74) is 6.34. The molecule has 3 aromatic carbocycles. The zero-order valence-electron chi connectivity index (χ0n) is 19.9. The molecule has 7 heteroatoms. The highest BCUT2D eigenvalue weighted by Gasteiger charge is 2.27. The van der Waals surface area contributed by atoms with Crippen molar-refractivity contribution in [2.75, 3.05) is 16.8 Å². The van der Waals surface area contributed by atoms with Crippen LogP contribution in [0.3, 0.4) is 0 Å². The predicted molar refractivity (Wildman–Crippen MR) is 143 cm³/mol. The summed E-state index contributed by atoms with van der Waals surface area (Å²) < 4.78 is 0. The molecule has 2 aromatic heterocycles. The maximum atomic E-state index is 13.5. The van der Waals surface area contributed by atoms with E-state index in [-0.39, 0.29) is 11.8 Å². The monoisotopic (exact) mass is 485 g/mol. The van der Waals surface area contributed by atoms with Gasteiger partial charge in [-0.3, -0.25) is 19.6 Å². The molecule has 0 bridgehead atoms. The fourth-order valence-corrected chi connectivity index (χ4v) is 4.68. The molecule has 0 saturated carbocycles. The molecule has 1 aliphatic rings. The SMILES string of the molecule is O=C(Nc1ccc(C(=O)N2CCc3cn[nH]c3-c3cccnc32)cc1)c1ccccc1-c1ccccc1. The van der Waals surface area contributed by atoms with Gasteiger partial charge in [-0.05, 0) is 65.6 Å². The zero-order valence-corrected chi connectivity index (χ0v) is 19.9. The van der Waals surface area contributed by atoms with Crippen molar-refractivity contribution in [2.45, 2.75) is 6.42 Å². The van der Waals surface area contributed by atoms with E-state index in [0.717, 1.165) is 27.9 Å². The Hall–Kier alpha value is -5.04. The Morgan fingerprint density at radius 2 is 1.59 bits per heavy atom. The third-order valence-corrected chi connectivity index (χ3v) is 6.53. The molecular formula is C30H23N5O2. The fourth-order valence-electron chi connectivity index (χ4n) is 4.68. The summed E-state index contributed by atoms with van der Waals surface area (Å²) >= 11 is 0. The van der Waals surface area contributed by atoms with Gasteiger partial charge in [0.25, 0.3) is 11.8 Å². The van der Waals surface area contributed by atoms with Crippen LogP contribution in [0.15, 0.2) is 103 Å². The topological polar surface area (TPSA) is 91.0 Å². The lowest BCUT2D eigenvalue weighted by atomic mass is 9.99. The van der Waals surface area contributed by atoms with Crippen molar-refractivity contribution in [3.05, 3.63) is 120 Å². The molecule has 6 rings (SSSR count). The molecule has 1 aliphatic heterocycles. The number of H-pyrrole nitrogens is 1. The van der Waals surface area contributed by atoms with Gasteiger partial charge >= 0.3 is 0 Å². The number of rotatable bonds is 4. The lowest BCUT2D eigenvalue weighted by Gasteiger charge is -2.21. The molecule has 0 spiro atoms. The van der Waals surface area contributed by atoms with Gasteiger partial charge in [0.05, 0.1) is 11.9 Å². The third kappa shape index (κ3) is 4.27. The van der Waals surface area contributed by atoms with E-state index in [1.165, 1.54) is 0 Å². The Bertz CT molecular complexity index is 1590. The third-order valence-electron chi connectivity index (χ3n) is 6.53. The minimum Gasteiger partial charge on any atom is -0.322 e. The van der Waals surface area contributed by atoms with Crippen molar-refractivity contribution in [1.29, 1.82) is 0 Å². The number of nitrogens with zero attached hydrogens (tertiary/aromatic N) is 3. The van der Waals surface area contributed by atoms with Gasteiger partial charge in [-0.15, -0.1) is 0 Å². The second-order valence-electron chi connectivity index (χ2n) is 8.79. The summed E-state index contributed by atoms with van der Waals surface area (Å²) in [6.45, 7) is 0.490.